The van der Waals surface area contributed by atoms with Gasteiger partial charge in [-0.15, -0.1) is 0 Å². The van der Waals surface area contributed by atoms with E-state index in [0.29, 0.717) is 12.6 Å². The van der Waals surface area contributed by atoms with Crippen LogP contribution in [0.25, 0.3) is 0 Å². The van der Waals surface area contributed by atoms with Crippen molar-refractivity contribution in [3.63, 3.8) is 0 Å². The lowest BCUT2D eigenvalue weighted by molar-refractivity contribution is -0.122. The molecule has 2 heterocycles. The second kappa shape index (κ2) is 9.31. The van der Waals surface area contributed by atoms with Crippen molar-refractivity contribution < 1.29 is 9.53 Å². The maximum absolute atomic E-state index is 12.3. The van der Waals surface area contributed by atoms with Crippen molar-refractivity contribution in [1.29, 1.82) is 0 Å². The molecular formula is C20H26N4O2. The van der Waals surface area contributed by atoms with Crippen LogP contribution in [-0.4, -0.2) is 43.2 Å². The third-order valence-electron chi connectivity index (χ3n) is 4.66. The highest BCUT2D eigenvalue weighted by atomic mass is 16.5. The highest BCUT2D eigenvalue weighted by Crippen LogP contribution is 2.12. The number of amides is 1. The van der Waals surface area contributed by atoms with Gasteiger partial charge >= 0.3 is 0 Å². The molecule has 1 fully saturated rings. The molecule has 2 unspecified atom stereocenters. The van der Waals surface area contributed by atoms with Gasteiger partial charge in [-0.2, -0.15) is 0 Å². The van der Waals surface area contributed by atoms with Gasteiger partial charge in [-0.1, -0.05) is 12.1 Å². The zero-order chi connectivity index (χ0) is 18.2. The van der Waals surface area contributed by atoms with Crippen LogP contribution in [0.5, 0.6) is 5.75 Å². The minimum Gasteiger partial charge on any atom is -0.497 e. The number of rotatable bonds is 8. The average molecular weight is 354 g/mol. The molecule has 1 aliphatic rings. The van der Waals surface area contributed by atoms with E-state index in [9.17, 15) is 4.79 Å². The normalized spacial score (nSPS) is 19.3. The molecule has 1 aromatic carbocycles. The van der Waals surface area contributed by atoms with Gasteiger partial charge in [0, 0.05) is 38.1 Å². The van der Waals surface area contributed by atoms with Gasteiger partial charge in [-0.05, 0) is 48.2 Å². The lowest BCUT2D eigenvalue weighted by Crippen LogP contribution is -2.41. The third-order valence-corrected chi connectivity index (χ3v) is 4.66. The summed E-state index contributed by atoms with van der Waals surface area (Å²) in [5.74, 6) is 0.938. The smallest absolute Gasteiger partial charge is 0.237 e. The number of nitrogens with zero attached hydrogens (tertiary/aromatic N) is 1. The molecule has 0 radical (unpaired) electrons. The Morgan fingerprint density at radius 3 is 2.69 bits per heavy atom. The quantitative estimate of drug-likeness (QED) is 0.666. The van der Waals surface area contributed by atoms with E-state index in [2.05, 4.69) is 33.1 Å². The standard InChI is InChI=1S/C20H26N4O2/c1-26-18-4-2-16(3-5-18)13-23-17-12-19(24-14-17)20(25)22-11-8-15-6-9-21-10-7-15/h2-7,9-10,17,19,23-24H,8,11-14H2,1H3,(H,22,25). The van der Waals surface area contributed by atoms with Crippen molar-refractivity contribution in [1.82, 2.24) is 20.9 Å². The van der Waals surface area contributed by atoms with Crippen LogP contribution in [0.4, 0.5) is 0 Å². The molecule has 138 valence electrons. The summed E-state index contributed by atoms with van der Waals surface area (Å²) in [5, 5.41) is 9.83. The van der Waals surface area contributed by atoms with Gasteiger partial charge in [0.05, 0.1) is 13.2 Å². The van der Waals surface area contributed by atoms with Crippen LogP contribution in [0.3, 0.4) is 0 Å². The molecule has 2 aromatic rings. The van der Waals surface area contributed by atoms with E-state index in [1.54, 1.807) is 19.5 Å². The van der Waals surface area contributed by atoms with Crippen LogP contribution in [0.1, 0.15) is 17.5 Å². The minimum absolute atomic E-state index is 0.0767. The van der Waals surface area contributed by atoms with E-state index in [0.717, 1.165) is 31.7 Å². The Labute approximate surface area is 154 Å². The van der Waals surface area contributed by atoms with Crippen LogP contribution in [0.2, 0.25) is 0 Å². The summed E-state index contributed by atoms with van der Waals surface area (Å²) in [7, 11) is 1.67. The molecule has 3 rings (SSSR count). The summed E-state index contributed by atoms with van der Waals surface area (Å²) in [6, 6.07) is 12.1. The Hall–Kier alpha value is -2.44. The van der Waals surface area contributed by atoms with E-state index in [-0.39, 0.29) is 11.9 Å². The number of nitrogens with one attached hydrogen (secondary N) is 3. The first kappa shape index (κ1) is 18.4. The molecule has 6 nitrogen and oxygen atoms in total. The first-order valence-corrected chi connectivity index (χ1v) is 9.01. The second-order valence-corrected chi connectivity index (χ2v) is 6.52. The van der Waals surface area contributed by atoms with Crippen molar-refractivity contribution in [3.8, 4) is 5.75 Å². The second-order valence-electron chi connectivity index (χ2n) is 6.52. The Bertz CT molecular complexity index is 691. The summed E-state index contributed by atoms with van der Waals surface area (Å²) in [5.41, 5.74) is 2.38. The fourth-order valence-corrected chi connectivity index (χ4v) is 3.10. The molecule has 6 heteroatoms. The Morgan fingerprint density at radius 1 is 1.19 bits per heavy atom. The van der Waals surface area contributed by atoms with E-state index in [4.69, 9.17) is 4.74 Å². The maximum atomic E-state index is 12.3. The first-order chi connectivity index (χ1) is 12.7. The summed E-state index contributed by atoms with van der Waals surface area (Å²) >= 11 is 0. The van der Waals surface area contributed by atoms with Gasteiger partial charge in [0.1, 0.15) is 5.75 Å². The molecule has 1 saturated heterocycles. The Balaban J connectivity index is 1.36. The van der Waals surface area contributed by atoms with Crippen molar-refractivity contribution in [2.24, 2.45) is 0 Å². The van der Waals surface area contributed by atoms with E-state index >= 15 is 0 Å². The predicted molar refractivity (Wildman–Crippen MR) is 101 cm³/mol. The lowest BCUT2D eigenvalue weighted by Gasteiger charge is -2.13. The van der Waals surface area contributed by atoms with Gasteiger partial charge < -0.3 is 20.7 Å². The first-order valence-electron chi connectivity index (χ1n) is 9.01. The van der Waals surface area contributed by atoms with Crippen molar-refractivity contribution in [3.05, 3.63) is 59.9 Å². The molecule has 0 aliphatic carbocycles. The van der Waals surface area contributed by atoms with Gasteiger partial charge in [-0.25, -0.2) is 0 Å². The van der Waals surface area contributed by atoms with Gasteiger partial charge in [0.15, 0.2) is 0 Å². The number of benzene rings is 1. The summed E-state index contributed by atoms with van der Waals surface area (Å²) in [6.07, 6.45) is 5.17. The molecular weight excluding hydrogens is 328 g/mol. The van der Waals surface area contributed by atoms with E-state index < -0.39 is 0 Å². The van der Waals surface area contributed by atoms with Crippen LogP contribution < -0.4 is 20.7 Å². The molecule has 26 heavy (non-hydrogen) atoms. The zero-order valence-corrected chi connectivity index (χ0v) is 15.1. The third kappa shape index (κ3) is 5.28. The molecule has 0 saturated carbocycles. The topological polar surface area (TPSA) is 75.3 Å². The minimum atomic E-state index is -0.124. The Morgan fingerprint density at radius 2 is 1.96 bits per heavy atom. The van der Waals surface area contributed by atoms with Crippen molar-refractivity contribution in [2.75, 3.05) is 20.2 Å². The molecule has 1 aromatic heterocycles. The summed E-state index contributed by atoms with van der Waals surface area (Å²) in [6.45, 7) is 2.23. The SMILES string of the molecule is COc1ccc(CNC2CNC(C(=O)NCCc3ccncc3)C2)cc1. The summed E-state index contributed by atoms with van der Waals surface area (Å²) in [4.78, 5) is 16.3. The highest BCUT2D eigenvalue weighted by Gasteiger charge is 2.28. The number of hydrogen-bond acceptors (Lipinski definition) is 5. The van der Waals surface area contributed by atoms with Gasteiger partial charge in [0.2, 0.25) is 5.91 Å². The number of ether oxygens (including phenoxy) is 1. The molecule has 3 N–H and O–H groups in total. The molecule has 1 amide bonds. The number of carbonyl (C=O) groups is 1. The number of methoxy groups -OCH3 is 1. The average Bonchev–Trinajstić information content (AvgIpc) is 3.17. The number of pyridine rings is 1. The molecule has 0 bridgehead atoms. The summed E-state index contributed by atoms with van der Waals surface area (Å²) < 4.78 is 5.17. The van der Waals surface area contributed by atoms with Crippen molar-refractivity contribution >= 4 is 5.91 Å². The molecule has 0 spiro atoms. The largest absolute Gasteiger partial charge is 0.497 e. The number of aromatic nitrogens is 1. The van der Waals surface area contributed by atoms with Gasteiger partial charge in [0.25, 0.3) is 0 Å². The van der Waals surface area contributed by atoms with Gasteiger partial charge in [-0.3, -0.25) is 9.78 Å². The van der Waals surface area contributed by atoms with Crippen molar-refractivity contribution in [2.45, 2.75) is 31.5 Å². The fraction of sp³-hybridized carbons (Fsp3) is 0.400. The van der Waals surface area contributed by atoms with Crippen LogP contribution in [0.15, 0.2) is 48.8 Å². The predicted octanol–water partition coefficient (Wildman–Crippen LogP) is 1.27. The Kier molecular flexibility index (Phi) is 6.57. The lowest BCUT2D eigenvalue weighted by atomic mass is 10.1. The number of carbonyl (C=O) groups excluding carboxylic acids is 1. The van der Waals surface area contributed by atoms with E-state index in [1.165, 1.54) is 11.1 Å². The van der Waals surface area contributed by atoms with E-state index in [1.807, 2.05) is 24.3 Å². The number of hydrogen-bond donors (Lipinski definition) is 3. The molecule has 1 aliphatic heterocycles. The molecule has 2 atom stereocenters. The monoisotopic (exact) mass is 354 g/mol. The highest BCUT2D eigenvalue weighted by molar-refractivity contribution is 5.82. The van der Waals surface area contributed by atoms with Crippen LogP contribution in [0, 0.1) is 0 Å². The van der Waals surface area contributed by atoms with Crippen LogP contribution in [-0.2, 0) is 17.8 Å². The zero-order valence-electron chi connectivity index (χ0n) is 15.1. The maximum Gasteiger partial charge on any atom is 0.237 e. The fourth-order valence-electron chi connectivity index (χ4n) is 3.10. The van der Waals surface area contributed by atoms with Crippen LogP contribution >= 0.6 is 0 Å².